The zero-order chi connectivity index (χ0) is 23.8. The highest BCUT2D eigenvalue weighted by Crippen LogP contribution is 2.29. The number of nitrogens with one attached hydrogen (secondary N) is 1. The molecule has 2 atom stereocenters. The van der Waals surface area contributed by atoms with E-state index >= 15 is 0 Å². The topological polar surface area (TPSA) is 120 Å². The Bertz CT molecular complexity index is 1430. The fourth-order valence-corrected chi connectivity index (χ4v) is 5.52. The average Bonchev–Trinajstić information content (AvgIpc) is 3.18. The van der Waals surface area contributed by atoms with Crippen molar-refractivity contribution < 1.29 is 26.6 Å². The van der Waals surface area contributed by atoms with Gasteiger partial charge < -0.3 is 9.62 Å². The summed E-state index contributed by atoms with van der Waals surface area (Å²) in [7, 11) is -5.02. The van der Waals surface area contributed by atoms with Gasteiger partial charge in [-0.25, -0.2) is 9.60 Å². The predicted octanol–water partition coefficient (Wildman–Crippen LogP) is 4.50. The van der Waals surface area contributed by atoms with Gasteiger partial charge in [0.05, 0.1) is 27.1 Å². The van der Waals surface area contributed by atoms with Gasteiger partial charge in [0.15, 0.2) is 5.69 Å². The van der Waals surface area contributed by atoms with Gasteiger partial charge >= 0.3 is 0 Å². The maximum atomic E-state index is 13.9. The first-order valence-corrected chi connectivity index (χ1v) is 12.4. The van der Waals surface area contributed by atoms with Crippen molar-refractivity contribution in [2.45, 2.75) is 15.7 Å². The Labute approximate surface area is 191 Å². The lowest BCUT2D eigenvalue weighted by Gasteiger charge is -2.28. The van der Waals surface area contributed by atoms with Gasteiger partial charge in [-0.15, -0.1) is 0 Å². The fourth-order valence-electron chi connectivity index (χ4n) is 3.20. The fraction of sp³-hybridized carbons (Fsp3) is 0.0909. The number of halogens is 1. The third-order valence-electron chi connectivity index (χ3n) is 4.79. The smallest absolute Gasteiger partial charge is 0.295 e. The molecule has 4 rings (SSSR count). The summed E-state index contributed by atoms with van der Waals surface area (Å²) >= 11 is 0. The first-order valence-electron chi connectivity index (χ1n) is 9.62. The summed E-state index contributed by atoms with van der Waals surface area (Å²) in [4.78, 5) is -1.61. The van der Waals surface area contributed by atoms with Crippen molar-refractivity contribution in [3.05, 3.63) is 89.4 Å². The lowest BCUT2D eigenvalue weighted by atomic mass is 10.2. The quantitative estimate of drug-likeness (QED) is 0.291. The number of rotatable bonds is 7. The Morgan fingerprint density at radius 3 is 2.58 bits per heavy atom. The summed E-state index contributed by atoms with van der Waals surface area (Å²) in [5, 5.41) is 21.6. The minimum Gasteiger partial charge on any atom is -0.593 e. The second-order valence-electron chi connectivity index (χ2n) is 7.39. The molecule has 0 fully saturated rings. The van der Waals surface area contributed by atoms with E-state index in [9.17, 15) is 27.4 Å². The van der Waals surface area contributed by atoms with E-state index in [4.69, 9.17) is 4.42 Å². The van der Waals surface area contributed by atoms with E-state index in [2.05, 4.69) is 4.72 Å². The van der Waals surface area contributed by atoms with Crippen LogP contribution in [-0.4, -0.2) is 24.9 Å². The number of sulfonamides is 1. The Morgan fingerprint density at radius 2 is 1.85 bits per heavy atom. The first kappa shape index (κ1) is 23.1. The second-order valence-corrected chi connectivity index (χ2v) is 10.4. The number of nitrogens with zero attached hydrogens (tertiary/aromatic N) is 1. The molecule has 0 bridgehead atoms. The summed E-state index contributed by atoms with van der Waals surface area (Å²) in [5.74, 6) is -0.821. The van der Waals surface area contributed by atoms with Gasteiger partial charge in [0.25, 0.3) is 10.0 Å². The van der Waals surface area contributed by atoms with Crippen LogP contribution in [0.3, 0.4) is 0 Å². The van der Waals surface area contributed by atoms with Crippen LogP contribution in [-0.2, 0) is 26.6 Å². The van der Waals surface area contributed by atoms with E-state index in [0.717, 1.165) is 19.2 Å². The number of hydrogen-bond acceptors (Lipinski definition) is 6. The van der Waals surface area contributed by atoms with Crippen LogP contribution in [0.5, 0.6) is 0 Å². The van der Waals surface area contributed by atoms with Gasteiger partial charge in [0.2, 0.25) is 5.09 Å². The molecule has 2 unspecified atom stereocenters. The molecule has 0 aliphatic rings. The molecule has 8 nitrogen and oxygen atoms in total. The van der Waals surface area contributed by atoms with Crippen molar-refractivity contribution in [2.75, 3.05) is 11.8 Å². The number of fused-ring (bicyclic) bond motifs is 1. The molecular formula is C22H19FN2O6S2. The zero-order valence-corrected chi connectivity index (χ0v) is 18.9. The zero-order valence-electron chi connectivity index (χ0n) is 17.3. The Morgan fingerprint density at radius 1 is 1.09 bits per heavy atom. The number of para-hydroxylation sites is 1. The third kappa shape index (κ3) is 5.13. The van der Waals surface area contributed by atoms with Gasteiger partial charge in [0, 0.05) is 23.6 Å². The van der Waals surface area contributed by atoms with Gasteiger partial charge in [0.1, 0.15) is 18.4 Å². The van der Waals surface area contributed by atoms with Crippen LogP contribution in [0.2, 0.25) is 0 Å². The molecule has 0 radical (unpaired) electrons. The Balaban J connectivity index is 1.64. The number of hydroxylamine groups is 2. The van der Waals surface area contributed by atoms with Crippen molar-refractivity contribution in [3.63, 3.8) is 0 Å². The van der Waals surface area contributed by atoms with Crippen LogP contribution in [0.15, 0.2) is 87.2 Å². The number of hydrogen-bond donors (Lipinski definition) is 2. The molecule has 0 aliphatic carbocycles. The van der Waals surface area contributed by atoms with Crippen molar-refractivity contribution in [1.29, 1.82) is 0 Å². The molecule has 3 aromatic carbocycles. The molecule has 4 aromatic rings. The Hall–Kier alpha value is -3.09. The minimum absolute atomic E-state index is 0.0365. The minimum atomic E-state index is -4.24. The molecule has 1 aromatic heterocycles. The normalized spacial score (nSPS) is 14.7. The maximum Gasteiger partial charge on any atom is 0.295 e. The van der Waals surface area contributed by atoms with Gasteiger partial charge in [-0.1, -0.05) is 30.3 Å². The third-order valence-corrected chi connectivity index (χ3v) is 7.45. The van der Waals surface area contributed by atoms with Crippen LogP contribution in [0, 0.1) is 11.0 Å². The summed E-state index contributed by atoms with van der Waals surface area (Å²) in [6.07, 6.45) is 0. The number of anilines is 1. The molecule has 0 saturated carbocycles. The summed E-state index contributed by atoms with van der Waals surface area (Å²) in [6, 6.07) is 17.3. The molecule has 1 heterocycles. The number of benzene rings is 3. The highest BCUT2D eigenvalue weighted by atomic mass is 32.2. The number of quaternary nitrogens is 1. The molecule has 0 aliphatic heterocycles. The monoisotopic (exact) mass is 490 g/mol. The van der Waals surface area contributed by atoms with E-state index in [1.54, 1.807) is 30.3 Å². The molecule has 172 valence electrons. The van der Waals surface area contributed by atoms with Crippen LogP contribution in [0.4, 0.5) is 15.8 Å². The standard InChI is InChI=1S/C22H19FN2O6S2/c1-25(26,27)18-7-4-5-15(11-18)14-32(28)21-10-9-17(23)13-19(21)24-33(29,30)22-12-16-6-2-3-8-20(16)31-22/h2-13,24,26H,14H2,1H3. The summed E-state index contributed by atoms with van der Waals surface area (Å²) in [5.41, 5.74) is 0.676. The lowest BCUT2D eigenvalue weighted by molar-refractivity contribution is -0.00445. The maximum absolute atomic E-state index is 13.9. The van der Waals surface area contributed by atoms with Crippen molar-refractivity contribution >= 4 is 43.2 Å². The van der Waals surface area contributed by atoms with Crippen LogP contribution >= 0.6 is 0 Å². The molecular weight excluding hydrogens is 471 g/mol. The first-order chi connectivity index (χ1) is 15.5. The van der Waals surface area contributed by atoms with E-state index < -0.39 is 31.4 Å². The SMILES string of the molecule is C[N+]([O-])(O)c1cccc(CS(=O)c2ccc(F)cc2NS(=O)(=O)c2cc3ccccc3o2)c1. The van der Waals surface area contributed by atoms with Gasteiger partial charge in [-0.2, -0.15) is 13.2 Å². The van der Waals surface area contributed by atoms with Crippen LogP contribution < -0.4 is 9.53 Å². The van der Waals surface area contributed by atoms with Crippen molar-refractivity contribution in [2.24, 2.45) is 0 Å². The van der Waals surface area contributed by atoms with E-state index in [0.29, 0.717) is 16.5 Å². The van der Waals surface area contributed by atoms with Crippen molar-refractivity contribution in [3.8, 4) is 0 Å². The van der Waals surface area contributed by atoms with E-state index in [1.807, 2.05) is 0 Å². The molecule has 2 N–H and O–H groups in total. The molecule has 0 spiro atoms. The van der Waals surface area contributed by atoms with Gasteiger partial charge in [-0.05, 0) is 29.8 Å². The van der Waals surface area contributed by atoms with Crippen LogP contribution in [0.25, 0.3) is 11.0 Å². The molecule has 11 heteroatoms. The molecule has 0 amide bonds. The highest BCUT2D eigenvalue weighted by Gasteiger charge is 2.23. The van der Waals surface area contributed by atoms with Crippen molar-refractivity contribution in [1.82, 2.24) is 4.81 Å². The Kier molecular flexibility index (Phi) is 6.08. The largest absolute Gasteiger partial charge is 0.593 e. The predicted molar refractivity (Wildman–Crippen MR) is 123 cm³/mol. The second kappa shape index (κ2) is 8.69. The highest BCUT2D eigenvalue weighted by molar-refractivity contribution is 7.92. The summed E-state index contributed by atoms with van der Waals surface area (Å²) in [6.45, 7) is 0. The number of furan rings is 1. The van der Waals surface area contributed by atoms with Gasteiger partial charge in [-0.3, -0.25) is 8.93 Å². The van der Waals surface area contributed by atoms with Crippen LogP contribution in [0.1, 0.15) is 5.56 Å². The molecule has 33 heavy (non-hydrogen) atoms. The average molecular weight is 491 g/mol. The molecule has 0 saturated heterocycles. The van der Waals surface area contributed by atoms with E-state index in [-0.39, 0.29) is 27.1 Å². The van der Waals surface area contributed by atoms with E-state index in [1.165, 1.54) is 30.3 Å². The summed E-state index contributed by atoms with van der Waals surface area (Å²) < 4.78 is 60.4. The lowest BCUT2D eigenvalue weighted by Crippen LogP contribution is -2.33.